The van der Waals surface area contributed by atoms with Crippen molar-refractivity contribution in [1.29, 1.82) is 0 Å². The zero-order valence-corrected chi connectivity index (χ0v) is 13.9. The number of fused-ring (bicyclic) bond motifs is 1. The zero-order valence-electron chi connectivity index (χ0n) is 13.0. The first-order valence-electron chi connectivity index (χ1n) is 7.56. The standard InChI is InChI=1S/C18H15N5S/c1-13-14(12-23(22-13)15-7-3-2-4-8-15)11-19-21-18-20-16-9-5-6-10-17(16)24-18/h2-12H,1H3,(H,20,21). The molecule has 0 aliphatic heterocycles. The Hall–Kier alpha value is -2.99. The van der Waals surface area contributed by atoms with Gasteiger partial charge < -0.3 is 0 Å². The van der Waals surface area contributed by atoms with Crippen LogP contribution in [0.15, 0.2) is 65.9 Å². The SMILES string of the molecule is Cc1nn(-c2ccccc2)cc1C=NNc1nc2ccccc2s1. The number of hydrogen-bond acceptors (Lipinski definition) is 5. The maximum Gasteiger partial charge on any atom is 0.204 e. The Balaban J connectivity index is 1.52. The average Bonchev–Trinajstić information content (AvgIpc) is 3.19. The van der Waals surface area contributed by atoms with Gasteiger partial charge in [0.25, 0.3) is 0 Å². The fraction of sp³-hybridized carbons (Fsp3) is 0.0556. The Labute approximate surface area is 143 Å². The Morgan fingerprint density at radius 1 is 1.08 bits per heavy atom. The minimum Gasteiger partial charge on any atom is -0.253 e. The maximum atomic E-state index is 4.53. The highest BCUT2D eigenvalue weighted by molar-refractivity contribution is 7.22. The van der Waals surface area contributed by atoms with Gasteiger partial charge in [-0.25, -0.2) is 9.67 Å². The van der Waals surface area contributed by atoms with Gasteiger partial charge in [0, 0.05) is 11.8 Å². The Morgan fingerprint density at radius 3 is 2.71 bits per heavy atom. The summed E-state index contributed by atoms with van der Waals surface area (Å²) in [7, 11) is 0. The summed E-state index contributed by atoms with van der Waals surface area (Å²) in [5.74, 6) is 0. The van der Waals surface area contributed by atoms with E-state index in [2.05, 4.69) is 26.7 Å². The van der Waals surface area contributed by atoms with Gasteiger partial charge in [-0.3, -0.25) is 5.43 Å². The minimum atomic E-state index is 0.778. The van der Waals surface area contributed by atoms with E-state index in [4.69, 9.17) is 0 Å². The number of nitrogens with one attached hydrogen (secondary N) is 1. The maximum absolute atomic E-state index is 4.53. The summed E-state index contributed by atoms with van der Waals surface area (Å²) in [5, 5.41) is 9.60. The highest BCUT2D eigenvalue weighted by Crippen LogP contribution is 2.25. The van der Waals surface area contributed by atoms with Crippen LogP contribution >= 0.6 is 11.3 Å². The lowest BCUT2D eigenvalue weighted by molar-refractivity contribution is 0.863. The van der Waals surface area contributed by atoms with Gasteiger partial charge in [0.1, 0.15) is 0 Å². The summed E-state index contributed by atoms with van der Waals surface area (Å²) in [6.45, 7) is 1.97. The summed E-state index contributed by atoms with van der Waals surface area (Å²) in [4.78, 5) is 4.49. The van der Waals surface area contributed by atoms with Crippen LogP contribution in [0.25, 0.3) is 15.9 Å². The molecule has 5 nitrogen and oxygen atoms in total. The van der Waals surface area contributed by atoms with Crippen molar-refractivity contribution in [3.05, 3.63) is 72.1 Å². The molecule has 2 aromatic heterocycles. The lowest BCUT2D eigenvalue weighted by atomic mass is 10.3. The van der Waals surface area contributed by atoms with Gasteiger partial charge in [-0.2, -0.15) is 10.2 Å². The van der Waals surface area contributed by atoms with E-state index < -0.39 is 0 Å². The molecule has 1 N–H and O–H groups in total. The van der Waals surface area contributed by atoms with Crippen LogP contribution in [0.2, 0.25) is 0 Å². The fourth-order valence-corrected chi connectivity index (χ4v) is 3.21. The van der Waals surface area contributed by atoms with E-state index in [0.717, 1.165) is 32.3 Å². The third kappa shape index (κ3) is 2.91. The van der Waals surface area contributed by atoms with E-state index in [1.165, 1.54) is 0 Å². The van der Waals surface area contributed by atoms with E-state index in [9.17, 15) is 0 Å². The van der Waals surface area contributed by atoms with Gasteiger partial charge in [0.2, 0.25) is 5.13 Å². The number of benzene rings is 2. The summed E-state index contributed by atoms with van der Waals surface area (Å²) < 4.78 is 3.00. The first-order valence-corrected chi connectivity index (χ1v) is 8.37. The second kappa shape index (κ2) is 6.25. The Bertz CT molecular complexity index is 968. The average molecular weight is 333 g/mol. The highest BCUT2D eigenvalue weighted by Gasteiger charge is 2.05. The van der Waals surface area contributed by atoms with Crippen LogP contribution in [-0.2, 0) is 0 Å². The monoisotopic (exact) mass is 333 g/mol. The third-order valence-corrected chi connectivity index (χ3v) is 4.56. The highest BCUT2D eigenvalue weighted by atomic mass is 32.1. The van der Waals surface area contributed by atoms with Crippen LogP contribution in [0.4, 0.5) is 5.13 Å². The normalized spacial score (nSPS) is 11.4. The molecule has 6 heteroatoms. The smallest absolute Gasteiger partial charge is 0.204 e. The van der Waals surface area contributed by atoms with Gasteiger partial charge in [0.15, 0.2) is 0 Å². The first-order chi connectivity index (χ1) is 11.8. The molecule has 4 aromatic rings. The van der Waals surface area contributed by atoms with Crippen LogP contribution in [0.5, 0.6) is 0 Å². The molecule has 0 saturated carbocycles. The summed E-state index contributed by atoms with van der Waals surface area (Å²) in [6.07, 6.45) is 3.74. The molecule has 118 valence electrons. The summed E-state index contributed by atoms with van der Waals surface area (Å²) in [5.41, 5.74) is 6.90. The van der Waals surface area contributed by atoms with E-state index in [-0.39, 0.29) is 0 Å². The molecule has 0 aliphatic carbocycles. The molecule has 0 bridgehead atoms. The van der Waals surface area contributed by atoms with Crippen LogP contribution in [0.3, 0.4) is 0 Å². The molecule has 0 radical (unpaired) electrons. The van der Waals surface area contributed by atoms with Gasteiger partial charge in [-0.15, -0.1) is 0 Å². The number of hydrazone groups is 1. The van der Waals surface area contributed by atoms with Gasteiger partial charge in [0.05, 0.1) is 27.8 Å². The Morgan fingerprint density at radius 2 is 1.88 bits per heavy atom. The van der Waals surface area contributed by atoms with Crippen molar-refractivity contribution in [3.8, 4) is 5.69 Å². The minimum absolute atomic E-state index is 0.778. The molecular weight excluding hydrogens is 318 g/mol. The topological polar surface area (TPSA) is 55.1 Å². The van der Waals surface area contributed by atoms with Crippen molar-refractivity contribution in [2.75, 3.05) is 5.43 Å². The predicted molar refractivity (Wildman–Crippen MR) is 99.1 cm³/mol. The second-order valence-electron chi connectivity index (χ2n) is 5.31. The van der Waals surface area contributed by atoms with E-state index in [1.807, 2.05) is 66.3 Å². The van der Waals surface area contributed by atoms with E-state index in [0.29, 0.717) is 0 Å². The molecule has 0 atom stereocenters. The van der Waals surface area contributed by atoms with Gasteiger partial charge >= 0.3 is 0 Å². The molecule has 24 heavy (non-hydrogen) atoms. The quantitative estimate of drug-likeness (QED) is 0.449. The molecule has 0 unspecified atom stereocenters. The van der Waals surface area contributed by atoms with Crippen LogP contribution < -0.4 is 5.43 Å². The largest absolute Gasteiger partial charge is 0.253 e. The lowest BCUT2D eigenvalue weighted by Gasteiger charge is -1.98. The molecule has 0 saturated heterocycles. The van der Waals surface area contributed by atoms with Crippen LogP contribution in [-0.4, -0.2) is 21.0 Å². The zero-order chi connectivity index (χ0) is 16.4. The number of para-hydroxylation sites is 2. The number of aromatic nitrogens is 3. The summed E-state index contributed by atoms with van der Waals surface area (Å²) >= 11 is 1.58. The fourth-order valence-electron chi connectivity index (χ4n) is 2.39. The second-order valence-corrected chi connectivity index (χ2v) is 6.34. The number of nitrogens with zero attached hydrogens (tertiary/aromatic N) is 4. The Kier molecular flexibility index (Phi) is 3.80. The van der Waals surface area contributed by atoms with Crippen molar-refractivity contribution in [1.82, 2.24) is 14.8 Å². The van der Waals surface area contributed by atoms with Crippen LogP contribution in [0.1, 0.15) is 11.3 Å². The molecular formula is C18H15N5S. The van der Waals surface area contributed by atoms with Crippen molar-refractivity contribution in [2.24, 2.45) is 5.10 Å². The lowest BCUT2D eigenvalue weighted by Crippen LogP contribution is -1.93. The van der Waals surface area contributed by atoms with Crippen molar-refractivity contribution in [3.63, 3.8) is 0 Å². The van der Waals surface area contributed by atoms with Gasteiger partial charge in [-0.1, -0.05) is 41.7 Å². The third-order valence-electron chi connectivity index (χ3n) is 3.62. The number of hydrogen-bond donors (Lipinski definition) is 1. The van der Waals surface area contributed by atoms with E-state index >= 15 is 0 Å². The molecule has 0 spiro atoms. The molecule has 0 aliphatic rings. The number of thiazole rings is 1. The van der Waals surface area contributed by atoms with Crippen molar-refractivity contribution < 1.29 is 0 Å². The molecule has 2 heterocycles. The summed E-state index contributed by atoms with van der Waals surface area (Å²) in [6, 6.07) is 18.1. The van der Waals surface area contributed by atoms with Crippen molar-refractivity contribution in [2.45, 2.75) is 6.92 Å². The molecule has 0 fully saturated rings. The number of aryl methyl sites for hydroxylation is 1. The number of anilines is 1. The predicted octanol–water partition coefficient (Wildman–Crippen LogP) is 4.24. The van der Waals surface area contributed by atoms with E-state index in [1.54, 1.807) is 17.6 Å². The molecule has 2 aromatic carbocycles. The molecule has 0 amide bonds. The van der Waals surface area contributed by atoms with Crippen molar-refractivity contribution >= 4 is 32.9 Å². The van der Waals surface area contributed by atoms with Crippen LogP contribution in [0, 0.1) is 6.92 Å². The van der Waals surface area contributed by atoms with Gasteiger partial charge in [-0.05, 0) is 31.2 Å². The first kappa shape index (κ1) is 14.6. The number of rotatable bonds is 4. The molecule has 4 rings (SSSR count).